The van der Waals surface area contributed by atoms with Gasteiger partial charge in [-0.2, -0.15) is 0 Å². The average molecular weight is 299 g/mol. The molecule has 2 N–H and O–H groups in total. The molecule has 0 aliphatic heterocycles. The standard InChI is InChI=1S/C13H17NO5S/c1-4-9-5-6-10(13(16)17)7-11(9)20(18,19)8(2)12(15)14-3/h5-8H,4H2,1-3H3,(H,14,15)(H,16,17). The molecule has 0 radical (unpaired) electrons. The average Bonchev–Trinajstić information content (AvgIpc) is 2.44. The van der Waals surface area contributed by atoms with E-state index in [0.717, 1.165) is 6.07 Å². The Hall–Kier alpha value is -1.89. The molecule has 6 nitrogen and oxygen atoms in total. The number of carbonyl (C=O) groups is 2. The van der Waals surface area contributed by atoms with E-state index in [4.69, 9.17) is 5.11 Å². The van der Waals surface area contributed by atoms with Gasteiger partial charge in [-0.1, -0.05) is 13.0 Å². The van der Waals surface area contributed by atoms with Crippen molar-refractivity contribution in [2.24, 2.45) is 0 Å². The molecule has 20 heavy (non-hydrogen) atoms. The van der Waals surface area contributed by atoms with Crippen LogP contribution < -0.4 is 5.32 Å². The smallest absolute Gasteiger partial charge is 0.335 e. The van der Waals surface area contributed by atoms with Gasteiger partial charge < -0.3 is 10.4 Å². The van der Waals surface area contributed by atoms with Crippen LogP contribution in [-0.4, -0.2) is 37.7 Å². The SMILES string of the molecule is CCc1ccc(C(=O)O)cc1S(=O)(=O)C(C)C(=O)NC. The molecule has 1 rings (SSSR count). The number of carboxylic acids is 1. The minimum atomic E-state index is -3.92. The van der Waals surface area contributed by atoms with Gasteiger partial charge in [-0.3, -0.25) is 4.79 Å². The molecule has 1 unspecified atom stereocenters. The lowest BCUT2D eigenvalue weighted by molar-refractivity contribution is -0.119. The lowest BCUT2D eigenvalue weighted by Gasteiger charge is -2.15. The van der Waals surface area contributed by atoms with Gasteiger partial charge in [-0.25, -0.2) is 13.2 Å². The van der Waals surface area contributed by atoms with Crippen LogP contribution in [0.5, 0.6) is 0 Å². The molecular weight excluding hydrogens is 282 g/mol. The Balaban J connectivity index is 3.46. The molecule has 0 aliphatic rings. The number of aryl methyl sites for hydroxylation is 1. The summed E-state index contributed by atoms with van der Waals surface area (Å²) < 4.78 is 24.9. The quantitative estimate of drug-likeness (QED) is 0.839. The molecule has 0 bridgehead atoms. The Morgan fingerprint density at radius 3 is 2.40 bits per heavy atom. The van der Waals surface area contributed by atoms with Crippen molar-refractivity contribution in [3.63, 3.8) is 0 Å². The maximum atomic E-state index is 12.4. The highest BCUT2D eigenvalue weighted by molar-refractivity contribution is 7.92. The lowest BCUT2D eigenvalue weighted by Crippen LogP contribution is -2.36. The number of hydrogen-bond donors (Lipinski definition) is 2. The first-order valence-corrected chi connectivity index (χ1v) is 7.62. The molecule has 1 atom stereocenters. The molecular formula is C13H17NO5S. The number of nitrogens with one attached hydrogen (secondary N) is 1. The zero-order valence-corrected chi connectivity index (χ0v) is 12.3. The maximum absolute atomic E-state index is 12.4. The second-order valence-corrected chi connectivity index (χ2v) is 6.52. The second-order valence-electron chi connectivity index (χ2n) is 4.28. The van der Waals surface area contributed by atoms with Crippen LogP contribution in [-0.2, 0) is 21.1 Å². The van der Waals surface area contributed by atoms with E-state index < -0.39 is 27.0 Å². The van der Waals surface area contributed by atoms with Gasteiger partial charge in [-0.05, 0) is 31.0 Å². The molecule has 0 saturated carbocycles. The summed E-state index contributed by atoms with van der Waals surface area (Å²) in [5, 5.41) is 9.96. The van der Waals surface area contributed by atoms with Gasteiger partial charge in [0.1, 0.15) is 5.25 Å². The normalized spacial score (nSPS) is 12.8. The fourth-order valence-corrected chi connectivity index (χ4v) is 3.43. The summed E-state index contributed by atoms with van der Waals surface area (Å²) in [6.45, 7) is 3.04. The summed E-state index contributed by atoms with van der Waals surface area (Å²) in [5.74, 6) is -1.84. The maximum Gasteiger partial charge on any atom is 0.335 e. The van der Waals surface area contributed by atoms with Crippen LogP contribution in [0.3, 0.4) is 0 Å². The van der Waals surface area contributed by atoms with E-state index in [9.17, 15) is 18.0 Å². The van der Waals surface area contributed by atoms with Gasteiger partial charge in [0.25, 0.3) is 0 Å². The highest BCUT2D eigenvalue weighted by atomic mass is 32.2. The van der Waals surface area contributed by atoms with E-state index in [1.807, 2.05) is 0 Å². The van der Waals surface area contributed by atoms with Crippen molar-refractivity contribution in [2.45, 2.75) is 30.4 Å². The molecule has 0 aliphatic carbocycles. The first-order valence-electron chi connectivity index (χ1n) is 6.07. The molecule has 110 valence electrons. The molecule has 1 aromatic carbocycles. The number of sulfone groups is 1. The van der Waals surface area contributed by atoms with Crippen LogP contribution in [0.1, 0.15) is 29.8 Å². The van der Waals surface area contributed by atoms with Crippen molar-refractivity contribution in [2.75, 3.05) is 7.05 Å². The van der Waals surface area contributed by atoms with Gasteiger partial charge in [-0.15, -0.1) is 0 Å². The minimum Gasteiger partial charge on any atom is -0.478 e. The number of carbonyl (C=O) groups excluding carboxylic acids is 1. The first-order chi connectivity index (χ1) is 9.25. The van der Waals surface area contributed by atoms with Gasteiger partial charge >= 0.3 is 5.97 Å². The number of amides is 1. The van der Waals surface area contributed by atoms with Crippen LogP contribution in [0, 0.1) is 0 Å². The van der Waals surface area contributed by atoms with Gasteiger partial charge in [0.05, 0.1) is 10.5 Å². The fraction of sp³-hybridized carbons (Fsp3) is 0.385. The van der Waals surface area contributed by atoms with Crippen molar-refractivity contribution in [1.29, 1.82) is 0 Å². The summed E-state index contributed by atoms with van der Waals surface area (Å²) in [5.41, 5.74) is 0.371. The number of rotatable bonds is 5. The van der Waals surface area contributed by atoms with Crippen molar-refractivity contribution in [1.82, 2.24) is 5.32 Å². The number of benzene rings is 1. The highest BCUT2D eigenvalue weighted by Gasteiger charge is 2.31. The van der Waals surface area contributed by atoms with E-state index in [2.05, 4.69) is 5.32 Å². The highest BCUT2D eigenvalue weighted by Crippen LogP contribution is 2.23. The van der Waals surface area contributed by atoms with Crippen molar-refractivity contribution in [3.05, 3.63) is 29.3 Å². The van der Waals surface area contributed by atoms with Gasteiger partial charge in [0, 0.05) is 7.05 Å². The van der Waals surface area contributed by atoms with E-state index in [0.29, 0.717) is 12.0 Å². The lowest BCUT2D eigenvalue weighted by atomic mass is 10.1. The third-order valence-electron chi connectivity index (χ3n) is 3.08. The van der Waals surface area contributed by atoms with E-state index in [1.165, 1.54) is 26.1 Å². The summed E-state index contributed by atoms with van der Waals surface area (Å²) in [6, 6.07) is 3.92. The van der Waals surface area contributed by atoms with E-state index in [-0.39, 0.29) is 10.5 Å². The minimum absolute atomic E-state index is 0.101. The zero-order chi connectivity index (χ0) is 15.5. The first kappa shape index (κ1) is 16.2. The molecule has 0 aromatic heterocycles. The van der Waals surface area contributed by atoms with E-state index in [1.54, 1.807) is 6.92 Å². The predicted molar refractivity (Wildman–Crippen MR) is 73.5 cm³/mol. The number of hydrogen-bond acceptors (Lipinski definition) is 4. The van der Waals surface area contributed by atoms with Crippen LogP contribution in [0.25, 0.3) is 0 Å². The fourth-order valence-electron chi connectivity index (χ4n) is 1.78. The number of aromatic carboxylic acids is 1. The van der Waals surface area contributed by atoms with E-state index >= 15 is 0 Å². The largest absolute Gasteiger partial charge is 0.478 e. The van der Waals surface area contributed by atoms with Crippen LogP contribution in [0.2, 0.25) is 0 Å². The third-order valence-corrected chi connectivity index (χ3v) is 5.22. The molecule has 0 saturated heterocycles. The summed E-state index contributed by atoms with van der Waals surface area (Å²) in [4.78, 5) is 22.4. The molecule has 1 amide bonds. The Bertz CT molecular complexity index is 636. The molecule has 0 heterocycles. The Kier molecular flexibility index (Phi) is 4.88. The summed E-state index contributed by atoms with van der Waals surface area (Å²) in [6.07, 6.45) is 0.426. The Morgan fingerprint density at radius 2 is 1.95 bits per heavy atom. The van der Waals surface area contributed by atoms with Crippen molar-refractivity contribution < 1.29 is 23.1 Å². The molecule has 0 fully saturated rings. The van der Waals surface area contributed by atoms with Crippen LogP contribution in [0.15, 0.2) is 23.1 Å². The Labute approximate surface area is 117 Å². The zero-order valence-electron chi connectivity index (χ0n) is 11.5. The third kappa shape index (κ3) is 2.98. The van der Waals surface area contributed by atoms with Crippen molar-refractivity contribution >= 4 is 21.7 Å². The second kappa shape index (κ2) is 6.04. The molecule has 7 heteroatoms. The topological polar surface area (TPSA) is 101 Å². The summed E-state index contributed by atoms with van der Waals surface area (Å²) in [7, 11) is -2.57. The Morgan fingerprint density at radius 1 is 1.35 bits per heavy atom. The molecule has 0 spiro atoms. The van der Waals surface area contributed by atoms with Gasteiger partial charge in [0.15, 0.2) is 9.84 Å². The van der Waals surface area contributed by atoms with Crippen LogP contribution in [0.4, 0.5) is 0 Å². The predicted octanol–water partition coefficient (Wildman–Crippen LogP) is 0.855. The number of carboxylic acid groups (broad SMARTS) is 1. The summed E-state index contributed by atoms with van der Waals surface area (Å²) >= 11 is 0. The van der Waals surface area contributed by atoms with Crippen LogP contribution >= 0.6 is 0 Å². The monoisotopic (exact) mass is 299 g/mol. The molecule has 1 aromatic rings. The van der Waals surface area contributed by atoms with Gasteiger partial charge in [0.2, 0.25) is 5.91 Å². The van der Waals surface area contributed by atoms with Crippen molar-refractivity contribution in [3.8, 4) is 0 Å².